The number of hydrogen-bond acceptors (Lipinski definition) is 2. The minimum absolute atomic E-state index is 0.0275. The molecule has 22 heavy (non-hydrogen) atoms. The summed E-state index contributed by atoms with van der Waals surface area (Å²) >= 11 is 0. The highest BCUT2D eigenvalue weighted by Crippen LogP contribution is 2.30. The van der Waals surface area contributed by atoms with Crippen molar-refractivity contribution in [1.82, 2.24) is 4.90 Å². The number of alkyl halides is 3. The quantitative estimate of drug-likeness (QED) is 0.860. The molecule has 0 fully saturated rings. The predicted octanol–water partition coefficient (Wildman–Crippen LogP) is 4.01. The number of benzene rings is 1. The van der Waals surface area contributed by atoms with E-state index >= 15 is 0 Å². The lowest BCUT2D eigenvalue weighted by Gasteiger charge is -2.26. The minimum atomic E-state index is -4.38. The molecular formula is C16H23F3N2O. The van der Waals surface area contributed by atoms with E-state index in [1.54, 1.807) is 11.9 Å². The topological polar surface area (TPSA) is 32.3 Å². The number of anilines is 1. The van der Waals surface area contributed by atoms with E-state index in [1.165, 1.54) is 12.1 Å². The molecule has 0 aliphatic rings. The first kappa shape index (κ1) is 18.3. The molecule has 1 aromatic rings. The molecule has 0 spiro atoms. The molecule has 1 rings (SSSR count). The highest BCUT2D eigenvalue weighted by molar-refractivity contribution is 5.80. The lowest BCUT2D eigenvalue weighted by Crippen LogP contribution is -2.39. The Hall–Kier alpha value is -1.72. The van der Waals surface area contributed by atoms with E-state index in [1.807, 2.05) is 6.92 Å². The monoisotopic (exact) mass is 316 g/mol. The van der Waals surface area contributed by atoms with Gasteiger partial charge in [0.25, 0.3) is 0 Å². The number of likely N-dealkylation sites (N-methyl/N-ethyl adjacent to an activating group) is 1. The highest BCUT2D eigenvalue weighted by atomic mass is 19.4. The number of nitrogens with one attached hydrogen (secondary N) is 1. The molecule has 124 valence electrons. The predicted molar refractivity (Wildman–Crippen MR) is 81.6 cm³/mol. The van der Waals surface area contributed by atoms with Gasteiger partial charge in [0.05, 0.1) is 12.1 Å². The molecule has 0 aliphatic carbocycles. The highest BCUT2D eigenvalue weighted by Gasteiger charge is 2.30. The second kappa shape index (κ2) is 7.51. The maximum absolute atomic E-state index is 12.6. The SMILES string of the molecule is CC(C)CC(C)N(C)C(=O)CNc1cccc(C(F)(F)F)c1. The summed E-state index contributed by atoms with van der Waals surface area (Å²) in [6.07, 6.45) is -3.50. The fourth-order valence-electron chi connectivity index (χ4n) is 2.19. The third-order valence-corrected chi connectivity index (χ3v) is 3.50. The summed E-state index contributed by atoms with van der Waals surface area (Å²) in [6.45, 7) is 6.09. The van der Waals surface area contributed by atoms with Gasteiger partial charge >= 0.3 is 6.18 Å². The Morgan fingerprint density at radius 1 is 1.27 bits per heavy atom. The van der Waals surface area contributed by atoms with Crippen LogP contribution in [0.15, 0.2) is 24.3 Å². The first-order chi connectivity index (χ1) is 10.1. The summed E-state index contributed by atoms with van der Waals surface area (Å²) < 4.78 is 37.9. The van der Waals surface area contributed by atoms with Crippen molar-refractivity contribution < 1.29 is 18.0 Å². The van der Waals surface area contributed by atoms with Crippen molar-refractivity contribution in [3.63, 3.8) is 0 Å². The van der Waals surface area contributed by atoms with Gasteiger partial charge in [-0.3, -0.25) is 4.79 Å². The number of nitrogens with zero attached hydrogens (tertiary/aromatic N) is 1. The van der Waals surface area contributed by atoms with Crippen LogP contribution in [0.4, 0.5) is 18.9 Å². The average molecular weight is 316 g/mol. The number of amides is 1. The van der Waals surface area contributed by atoms with E-state index in [9.17, 15) is 18.0 Å². The van der Waals surface area contributed by atoms with Crippen molar-refractivity contribution in [2.24, 2.45) is 5.92 Å². The van der Waals surface area contributed by atoms with Crippen LogP contribution < -0.4 is 5.32 Å². The maximum atomic E-state index is 12.6. The van der Waals surface area contributed by atoms with Crippen LogP contribution in [0.1, 0.15) is 32.8 Å². The summed E-state index contributed by atoms with van der Waals surface area (Å²) in [5.41, 5.74) is -0.445. The van der Waals surface area contributed by atoms with Gasteiger partial charge in [0.1, 0.15) is 0 Å². The molecule has 0 aliphatic heterocycles. The Balaban J connectivity index is 2.61. The van der Waals surface area contributed by atoms with Crippen LogP contribution in [0.5, 0.6) is 0 Å². The molecule has 0 saturated carbocycles. The molecule has 1 unspecified atom stereocenters. The normalized spacial score (nSPS) is 13.1. The fourth-order valence-corrected chi connectivity index (χ4v) is 2.19. The van der Waals surface area contributed by atoms with Crippen molar-refractivity contribution in [2.75, 3.05) is 18.9 Å². The Labute approximate surface area is 129 Å². The molecule has 3 nitrogen and oxygen atoms in total. The molecule has 1 atom stereocenters. The molecule has 6 heteroatoms. The van der Waals surface area contributed by atoms with E-state index in [-0.39, 0.29) is 24.2 Å². The second-order valence-corrected chi connectivity index (χ2v) is 5.92. The largest absolute Gasteiger partial charge is 0.416 e. The van der Waals surface area contributed by atoms with Crippen LogP contribution in [-0.4, -0.2) is 30.4 Å². The van der Waals surface area contributed by atoms with E-state index in [4.69, 9.17) is 0 Å². The second-order valence-electron chi connectivity index (χ2n) is 5.92. The van der Waals surface area contributed by atoms with Gasteiger partial charge in [0.15, 0.2) is 0 Å². The lowest BCUT2D eigenvalue weighted by molar-refractivity contribution is -0.137. The zero-order valence-electron chi connectivity index (χ0n) is 13.4. The van der Waals surface area contributed by atoms with Gasteiger partial charge in [0.2, 0.25) is 5.91 Å². The van der Waals surface area contributed by atoms with Crippen molar-refractivity contribution in [1.29, 1.82) is 0 Å². The van der Waals surface area contributed by atoms with Crippen molar-refractivity contribution >= 4 is 11.6 Å². The van der Waals surface area contributed by atoms with Gasteiger partial charge in [-0.15, -0.1) is 0 Å². The molecule has 0 radical (unpaired) electrons. The zero-order chi connectivity index (χ0) is 16.9. The van der Waals surface area contributed by atoms with Crippen molar-refractivity contribution in [2.45, 2.75) is 39.4 Å². The Morgan fingerprint density at radius 2 is 1.91 bits per heavy atom. The molecule has 1 N–H and O–H groups in total. The average Bonchev–Trinajstić information content (AvgIpc) is 2.42. The summed E-state index contributed by atoms with van der Waals surface area (Å²) in [5.74, 6) is 0.326. The van der Waals surface area contributed by atoms with E-state index in [0.29, 0.717) is 5.92 Å². The molecule has 0 heterocycles. The van der Waals surface area contributed by atoms with E-state index < -0.39 is 11.7 Å². The number of halogens is 3. The number of carbonyl (C=O) groups is 1. The first-order valence-corrected chi connectivity index (χ1v) is 7.28. The van der Waals surface area contributed by atoms with Crippen molar-refractivity contribution in [3.05, 3.63) is 29.8 Å². The molecular weight excluding hydrogens is 293 g/mol. The molecule has 1 aromatic carbocycles. The third kappa shape index (κ3) is 5.58. The van der Waals surface area contributed by atoms with Gasteiger partial charge in [0, 0.05) is 18.8 Å². The fraction of sp³-hybridized carbons (Fsp3) is 0.562. The van der Waals surface area contributed by atoms with Crippen LogP contribution in [0.3, 0.4) is 0 Å². The Morgan fingerprint density at radius 3 is 2.45 bits per heavy atom. The summed E-state index contributed by atoms with van der Waals surface area (Å²) in [5, 5.41) is 2.75. The van der Waals surface area contributed by atoms with Crippen LogP contribution in [0, 0.1) is 5.92 Å². The molecule has 0 saturated heterocycles. The first-order valence-electron chi connectivity index (χ1n) is 7.28. The summed E-state index contributed by atoms with van der Waals surface area (Å²) in [7, 11) is 1.71. The standard InChI is InChI=1S/C16H23F3N2O/c1-11(2)8-12(3)21(4)15(22)10-20-14-7-5-6-13(9-14)16(17,18)19/h5-7,9,11-12,20H,8,10H2,1-4H3. The van der Waals surface area contributed by atoms with E-state index in [0.717, 1.165) is 18.6 Å². The molecule has 1 amide bonds. The van der Waals surface area contributed by atoms with Crippen LogP contribution in [0.25, 0.3) is 0 Å². The van der Waals surface area contributed by atoms with Gasteiger partial charge in [-0.05, 0) is 37.5 Å². The van der Waals surface area contributed by atoms with Gasteiger partial charge in [-0.1, -0.05) is 19.9 Å². The molecule has 0 aromatic heterocycles. The van der Waals surface area contributed by atoms with Crippen LogP contribution in [-0.2, 0) is 11.0 Å². The van der Waals surface area contributed by atoms with Crippen LogP contribution in [0.2, 0.25) is 0 Å². The number of hydrogen-bond donors (Lipinski definition) is 1. The van der Waals surface area contributed by atoms with Gasteiger partial charge in [-0.25, -0.2) is 0 Å². The van der Waals surface area contributed by atoms with E-state index in [2.05, 4.69) is 19.2 Å². The van der Waals surface area contributed by atoms with Crippen LogP contribution >= 0.6 is 0 Å². The Kier molecular flexibility index (Phi) is 6.26. The van der Waals surface area contributed by atoms with Crippen molar-refractivity contribution in [3.8, 4) is 0 Å². The lowest BCUT2D eigenvalue weighted by atomic mass is 10.0. The summed E-state index contributed by atoms with van der Waals surface area (Å²) in [6, 6.07) is 4.94. The minimum Gasteiger partial charge on any atom is -0.376 e. The number of rotatable bonds is 6. The van der Waals surface area contributed by atoms with Gasteiger partial charge in [-0.2, -0.15) is 13.2 Å². The number of carbonyl (C=O) groups excluding carboxylic acids is 1. The zero-order valence-corrected chi connectivity index (χ0v) is 13.4. The molecule has 0 bridgehead atoms. The third-order valence-electron chi connectivity index (χ3n) is 3.50. The maximum Gasteiger partial charge on any atom is 0.416 e. The summed E-state index contributed by atoms with van der Waals surface area (Å²) in [4.78, 5) is 13.7. The Bertz CT molecular complexity index is 500. The smallest absolute Gasteiger partial charge is 0.376 e. The van der Waals surface area contributed by atoms with Gasteiger partial charge < -0.3 is 10.2 Å².